The number of nitriles is 1. The zero-order chi connectivity index (χ0) is 22.9. The fourth-order valence-corrected chi connectivity index (χ4v) is 3.19. The third kappa shape index (κ3) is 4.06. The van der Waals surface area contributed by atoms with Gasteiger partial charge in [0.2, 0.25) is 0 Å². The second-order valence-electron chi connectivity index (χ2n) is 6.86. The summed E-state index contributed by atoms with van der Waals surface area (Å²) in [6, 6.07) is 20.9. The number of halogens is 3. The zero-order valence-corrected chi connectivity index (χ0v) is 16.2. The van der Waals surface area contributed by atoms with E-state index in [9.17, 15) is 23.3 Å². The molecule has 0 atom stereocenters. The van der Waals surface area contributed by atoms with Crippen molar-refractivity contribution < 1.29 is 18.1 Å². The van der Waals surface area contributed by atoms with Crippen molar-refractivity contribution in [3.05, 3.63) is 100 Å². The molecule has 0 saturated heterocycles. The molecule has 4 rings (SSSR count). The van der Waals surface area contributed by atoms with Gasteiger partial charge in [-0.05, 0) is 42.5 Å². The van der Waals surface area contributed by atoms with Crippen LogP contribution in [0.25, 0.3) is 28.2 Å². The van der Waals surface area contributed by atoms with Crippen molar-refractivity contribution >= 4 is 5.69 Å². The Bertz CT molecular complexity index is 1320. The van der Waals surface area contributed by atoms with E-state index >= 15 is 0 Å². The highest BCUT2D eigenvalue weighted by Crippen LogP contribution is 2.33. The van der Waals surface area contributed by atoms with E-state index in [0.717, 1.165) is 12.1 Å². The van der Waals surface area contributed by atoms with Crippen LogP contribution in [-0.4, -0.2) is 14.7 Å². The Morgan fingerprint density at radius 3 is 2.03 bits per heavy atom. The number of nitro benzene ring substituents is 1. The van der Waals surface area contributed by atoms with E-state index in [0.29, 0.717) is 33.8 Å². The molecule has 0 amide bonds. The summed E-state index contributed by atoms with van der Waals surface area (Å²) in [5.41, 5.74) is 2.40. The summed E-state index contributed by atoms with van der Waals surface area (Å²) in [5, 5.41) is 24.5. The molecule has 0 N–H and O–H groups in total. The lowest BCUT2D eigenvalue weighted by Gasteiger charge is -2.08. The van der Waals surface area contributed by atoms with Gasteiger partial charge in [-0.2, -0.15) is 23.5 Å². The van der Waals surface area contributed by atoms with Crippen molar-refractivity contribution in [2.24, 2.45) is 0 Å². The van der Waals surface area contributed by atoms with Crippen LogP contribution in [0, 0.1) is 21.4 Å². The topological polar surface area (TPSA) is 84.8 Å². The minimum absolute atomic E-state index is 0.0798. The lowest BCUT2D eigenvalue weighted by molar-refractivity contribution is -0.384. The van der Waals surface area contributed by atoms with Crippen LogP contribution in [0.3, 0.4) is 0 Å². The summed E-state index contributed by atoms with van der Waals surface area (Å²) in [6.07, 6.45) is -4.44. The van der Waals surface area contributed by atoms with E-state index in [4.69, 9.17) is 5.26 Å². The highest BCUT2D eigenvalue weighted by molar-refractivity contribution is 5.71. The van der Waals surface area contributed by atoms with Crippen LogP contribution in [0.15, 0.2) is 78.9 Å². The average molecular weight is 434 g/mol. The maximum atomic E-state index is 12.9. The van der Waals surface area contributed by atoms with Crippen LogP contribution < -0.4 is 0 Å². The summed E-state index contributed by atoms with van der Waals surface area (Å²) in [6.45, 7) is 0. The number of alkyl halides is 3. The van der Waals surface area contributed by atoms with Gasteiger partial charge in [-0.25, -0.2) is 4.68 Å². The van der Waals surface area contributed by atoms with Gasteiger partial charge in [0.05, 0.1) is 39.2 Å². The van der Waals surface area contributed by atoms with Gasteiger partial charge in [0, 0.05) is 23.3 Å². The van der Waals surface area contributed by atoms with E-state index < -0.39 is 16.7 Å². The molecular formula is C23H13F3N4O2. The van der Waals surface area contributed by atoms with Crippen molar-refractivity contribution in [1.82, 2.24) is 9.78 Å². The number of benzene rings is 3. The number of hydrogen-bond donors (Lipinski definition) is 0. The van der Waals surface area contributed by atoms with Crippen LogP contribution in [-0.2, 0) is 6.18 Å². The Balaban J connectivity index is 1.82. The van der Waals surface area contributed by atoms with E-state index in [2.05, 4.69) is 5.10 Å². The molecule has 0 bridgehead atoms. The first-order valence-corrected chi connectivity index (χ1v) is 9.29. The Morgan fingerprint density at radius 2 is 1.50 bits per heavy atom. The standard InChI is InChI=1S/C23H13F3N4O2/c24-23(25,26)18-7-5-16(6-8-18)21-13-22(17-3-1-15(14-27)2-4-17)29(28-21)19-9-11-20(12-10-19)30(31)32/h1-13H. The number of rotatable bonds is 4. The van der Waals surface area contributed by atoms with Gasteiger partial charge in [0.25, 0.3) is 5.69 Å². The van der Waals surface area contributed by atoms with Crippen LogP contribution >= 0.6 is 0 Å². The van der Waals surface area contributed by atoms with Gasteiger partial charge in [-0.15, -0.1) is 0 Å². The van der Waals surface area contributed by atoms with Crippen LogP contribution in [0.2, 0.25) is 0 Å². The molecule has 9 heteroatoms. The minimum Gasteiger partial charge on any atom is -0.258 e. The van der Waals surface area contributed by atoms with Crippen molar-refractivity contribution in [1.29, 1.82) is 5.26 Å². The van der Waals surface area contributed by atoms with Crippen molar-refractivity contribution in [3.63, 3.8) is 0 Å². The largest absolute Gasteiger partial charge is 0.416 e. The summed E-state index contributed by atoms with van der Waals surface area (Å²) >= 11 is 0. The van der Waals surface area contributed by atoms with Crippen LogP contribution in [0.4, 0.5) is 18.9 Å². The number of aromatic nitrogens is 2. The molecule has 32 heavy (non-hydrogen) atoms. The molecule has 0 aliphatic carbocycles. The van der Waals surface area contributed by atoms with Crippen molar-refractivity contribution in [3.8, 4) is 34.3 Å². The van der Waals surface area contributed by atoms with Gasteiger partial charge in [-0.1, -0.05) is 24.3 Å². The average Bonchev–Trinajstić information content (AvgIpc) is 3.24. The Morgan fingerprint density at radius 1 is 0.906 bits per heavy atom. The first-order chi connectivity index (χ1) is 15.3. The Kier molecular flexibility index (Phi) is 5.20. The molecule has 0 radical (unpaired) electrons. The molecule has 0 aliphatic rings. The minimum atomic E-state index is -4.44. The molecule has 1 aromatic heterocycles. The molecule has 0 aliphatic heterocycles. The van der Waals surface area contributed by atoms with Gasteiger partial charge < -0.3 is 0 Å². The molecule has 6 nitrogen and oxygen atoms in total. The third-order valence-corrected chi connectivity index (χ3v) is 4.83. The number of hydrogen-bond acceptors (Lipinski definition) is 4. The summed E-state index contributed by atoms with van der Waals surface area (Å²) < 4.78 is 40.2. The molecular weight excluding hydrogens is 421 g/mol. The molecule has 0 fully saturated rings. The molecule has 3 aromatic carbocycles. The fraction of sp³-hybridized carbons (Fsp3) is 0.0435. The molecule has 4 aromatic rings. The number of nitrogens with zero attached hydrogens (tertiary/aromatic N) is 4. The second kappa shape index (κ2) is 8.00. The number of non-ortho nitro benzene ring substituents is 1. The van der Waals surface area contributed by atoms with Gasteiger partial charge in [-0.3, -0.25) is 10.1 Å². The summed E-state index contributed by atoms with van der Waals surface area (Å²) in [7, 11) is 0. The third-order valence-electron chi connectivity index (χ3n) is 4.83. The van der Waals surface area contributed by atoms with Crippen LogP contribution in [0.1, 0.15) is 11.1 Å². The van der Waals surface area contributed by atoms with Crippen molar-refractivity contribution in [2.45, 2.75) is 6.18 Å². The zero-order valence-electron chi connectivity index (χ0n) is 16.2. The highest BCUT2D eigenvalue weighted by atomic mass is 19.4. The van der Waals surface area contributed by atoms with E-state index in [1.54, 1.807) is 35.0 Å². The first-order valence-electron chi connectivity index (χ1n) is 9.29. The summed E-state index contributed by atoms with van der Waals surface area (Å²) in [5.74, 6) is 0. The quantitative estimate of drug-likeness (QED) is 0.291. The van der Waals surface area contributed by atoms with Crippen LogP contribution in [0.5, 0.6) is 0 Å². The van der Waals surface area contributed by atoms with Gasteiger partial charge in [0.1, 0.15) is 0 Å². The van der Waals surface area contributed by atoms with Gasteiger partial charge >= 0.3 is 6.18 Å². The Hall–Kier alpha value is -4.45. The summed E-state index contributed by atoms with van der Waals surface area (Å²) in [4.78, 5) is 10.4. The first kappa shape index (κ1) is 20.8. The molecule has 1 heterocycles. The van der Waals surface area contributed by atoms with Crippen molar-refractivity contribution in [2.75, 3.05) is 0 Å². The fourth-order valence-electron chi connectivity index (χ4n) is 3.19. The number of nitro groups is 1. The molecule has 0 spiro atoms. The predicted octanol–water partition coefficient (Wildman–Crippen LogP) is 6.00. The molecule has 0 saturated carbocycles. The SMILES string of the molecule is N#Cc1ccc(-c2cc(-c3ccc(C(F)(F)F)cc3)nn2-c2ccc([N+](=O)[O-])cc2)cc1. The molecule has 158 valence electrons. The maximum Gasteiger partial charge on any atom is 0.416 e. The maximum absolute atomic E-state index is 12.9. The highest BCUT2D eigenvalue weighted by Gasteiger charge is 2.30. The van der Waals surface area contributed by atoms with E-state index in [1.165, 1.54) is 36.4 Å². The Labute approximate surface area is 179 Å². The monoisotopic (exact) mass is 434 g/mol. The second-order valence-corrected chi connectivity index (χ2v) is 6.86. The predicted molar refractivity (Wildman–Crippen MR) is 111 cm³/mol. The van der Waals surface area contributed by atoms with E-state index in [-0.39, 0.29) is 5.69 Å². The van der Waals surface area contributed by atoms with E-state index in [1.807, 2.05) is 6.07 Å². The smallest absolute Gasteiger partial charge is 0.258 e. The lowest BCUT2D eigenvalue weighted by Crippen LogP contribution is -2.04. The molecule has 0 unspecified atom stereocenters. The normalized spacial score (nSPS) is 11.2. The van der Waals surface area contributed by atoms with Gasteiger partial charge in [0.15, 0.2) is 0 Å². The lowest BCUT2D eigenvalue weighted by atomic mass is 10.1.